The predicted molar refractivity (Wildman–Crippen MR) is 212 cm³/mol. The van der Waals surface area contributed by atoms with E-state index in [0.29, 0.717) is 70.9 Å². The van der Waals surface area contributed by atoms with Crippen molar-refractivity contribution < 1.29 is 39.2 Å². The minimum atomic E-state index is -0.817. The van der Waals surface area contributed by atoms with Gasteiger partial charge in [-0.2, -0.15) is 0 Å². The molecule has 2 amide bonds. The standard InChI is InChI=1S/C23H29NO4.C22H27NO4/c1-28-23(27)14-7-2-3-8-17-24-20(12-9-13-22(24)26)15-16-21(25)18-19-10-5-4-6-11-19;24-20(17-18-9-4-3-5-10-18)15-14-19-11-8-12-21(25)23(19)16-7-2-1-6-13-22(26)27/h4-6,10-11,15-16,20-21,25H,2,7,9,12-14,17-18H2,1H3;3-5,9-10,14-15,19-20,24H,1,6,8,11-13,16-17H2,(H,26,27)/b16-15+;15-14+/t20-,21?;19-,20?/m11/s1. The number of ether oxygens (including phenoxy) is 1. The van der Waals surface area contributed by atoms with Crippen LogP contribution in [0.15, 0.2) is 85.0 Å². The summed E-state index contributed by atoms with van der Waals surface area (Å²) in [5, 5.41) is 29.1. The van der Waals surface area contributed by atoms with Gasteiger partial charge in [-0.15, -0.1) is 11.8 Å². The molecule has 2 saturated heterocycles. The second-order valence-electron chi connectivity index (χ2n) is 13.6. The number of rotatable bonds is 16. The summed E-state index contributed by atoms with van der Waals surface area (Å²) < 4.78 is 4.60. The van der Waals surface area contributed by atoms with E-state index < -0.39 is 18.2 Å². The van der Waals surface area contributed by atoms with E-state index in [2.05, 4.69) is 28.4 Å². The summed E-state index contributed by atoms with van der Waals surface area (Å²) >= 11 is 0. The van der Waals surface area contributed by atoms with Gasteiger partial charge < -0.3 is 29.9 Å². The number of piperidine rings is 2. The average molecular weight is 753 g/mol. The van der Waals surface area contributed by atoms with Gasteiger partial charge in [0, 0.05) is 51.4 Å². The quantitative estimate of drug-likeness (QED) is 0.0863. The van der Waals surface area contributed by atoms with Gasteiger partial charge in [-0.05, 0) is 49.7 Å². The summed E-state index contributed by atoms with van der Waals surface area (Å²) in [4.78, 5) is 49.6. The van der Waals surface area contributed by atoms with Crippen molar-refractivity contribution in [1.29, 1.82) is 0 Å². The van der Waals surface area contributed by atoms with Crippen LogP contribution >= 0.6 is 0 Å². The number of aliphatic carboxylic acids is 1. The first-order valence-electron chi connectivity index (χ1n) is 19.3. The smallest absolute Gasteiger partial charge is 0.305 e. The van der Waals surface area contributed by atoms with Gasteiger partial charge in [-0.3, -0.25) is 19.2 Å². The van der Waals surface area contributed by atoms with Gasteiger partial charge >= 0.3 is 11.9 Å². The van der Waals surface area contributed by atoms with E-state index in [9.17, 15) is 29.4 Å². The molecule has 0 aromatic heterocycles. The summed E-state index contributed by atoms with van der Waals surface area (Å²) in [7, 11) is 1.38. The average Bonchev–Trinajstić information content (AvgIpc) is 3.18. The maximum Gasteiger partial charge on any atom is 0.305 e. The number of aliphatic hydroxyl groups excluding tert-OH is 2. The summed E-state index contributed by atoms with van der Waals surface area (Å²) in [5.74, 6) is 11.1. The third-order valence-corrected chi connectivity index (χ3v) is 9.26. The van der Waals surface area contributed by atoms with Crippen molar-refractivity contribution in [2.24, 2.45) is 0 Å². The lowest BCUT2D eigenvalue weighted by Gasteiger charge is -2.32. The SMILES string of the molecule is COC(=O)CCCC#CCN1C(=O)CCC[C@@H]1/C=C/C(O)Cc1ccccc1.O=C(O)CCCC#CCN1C(=O)CCC[C@@H]1/C=C/C(O)Cc1ccccc1. The van der Waals surface area contributed by atoms with Crippen molar-refractivity contribution in [2.75, 3.05) is 20.2 Å². The number of benzene rings is 2. The summed E-state index contributed by atoms with van der Waals surface area (Å²) in [6.07, 6.45) is 14.6. The molecule has 3 N–H and O–H groups in total. The second-order valence-corrected chi connectivity index (χ2v) is 13.6. The van der Waals surface area contributed by atoms with Gasteiger partial charge in [0.15, 0.2) is 0 Å². The molecular formula is C45H56N2O8. The first-order chi connectivity index (χ1) is 26.7. The van der Waals surface area contributed by atoms with Crippen molar-refractivity contribution >= 4 is 23.8 Å². The van der Waals surface area contributed by atoms with E-state index in [-0.39, 0.29) is 36.3 Å². The minimum absolute atomic E-state index is 0.0314. The molecule has 0 radical (unpaired) electrons. The zero-order valence-electron chi connectivity index (χ0n) is 32.0. The Morgan fingerprint density at radius 2 is 1.16 bits per heavy atom. The first kappa shape index (κ1) is 44.2. The highest BCUT2D eigenvalue weighted by molar-refractivity contribution is 5.78. The summed E-state index contributed by atoms with van der Waals surface area (Å²) in [5.41, 5.74) is 2.15. The Kier molecular flexibility index (Phi) is 20.7. The van der Waals surface area contributed by atoms with Crippen LogP contribution in [0.3, 0.4) is 0 Å². The fraction of sp³-hybridized carbons (Fsp3) is 0.467. The Bertz CT molecular complexity index is 1670. The van der Waals surface area contributed by atoms with E-state index in [4.69, 9.17) is 5.11 Å². The monoisotopic (exact) mass is 752 g/mol. The van der Waals surface area contributed by atoms with E-state index in [1.165, 1.54) is 7.11 Å². The molecule has 2 aromatic rings. The Balaban J connectivity index is 0.000000296. The fourth-order valence-corrected chi connectivity index (χ4v) is 6.28. The summed E-state index contributed by atoms with van der Waals surface area (Å²) in [6.45, 7) is 0.719. The number of carboxylic acids is 1. The van der Waals surface area contributed by atoms with E-state index in [1.54, 1.807) is 22.0 Å². The van der Waals surface area contributed by atoms with Gasteiger partial charge in [-0.1, -0.05) is 96.8 Å². The maximum absolute atomic E-state index is 12.3. The molecule has 2 heterocycles. The highest BCUT2D eigenvalue weighted by Gasteiger charge is 2.26. The molecule has 10 heteroatoms. The number of nitrogens with zero attached hydrogens (tertiary/aromatic N) is 2. The third-order valence-electron chi connectivity index (χ3n) is 9.26. The lowest BCUT2D eigenvalue weighted by atomic mass is 9.99. The molecule has 2 fully saturated rings. The van der Waals surface area contributed by atoms with E-state index in [0.717, 1.165) is 36.8 Å². The lowest BCUT2D eigenvalue weighted by Crippen LogP contribution is -2.42. The number of esters is 1. The molecule has 0 spiro atoms. The normalized spacial score (nSPS) is 18.0. The van der Waals surface area contributed by atoms with Crippen LogP contribution in [0, 0.1) is 23.7 Å². The Morgan fingerprint density at radius 1 is 0.727 bits per heavy atom. The molecule has 0 aliphatic carbocycles. The number of hydrogen-bond donors (Lipinski definition) is 3. The molecule has 10 nitrogen and oxygen atoms in total. The molecule has 0 bridgehead atoms. The zero-order chi connectivity index (χ0) is 39.7. The van der Waals surface area contributed by atoms with Gasteiger partial charge in [0.05, 0.1) is 44.5 Å². The van der Waals surface area contributed by atoms with Gasteiger partial charge in [0.1, 0.15) is 0 Å². The summed E-state index contributed by atoms with van der Waals surface area (Å²) in [6, 6.07) is 19.6. The molecule has 2 aliphatic heterocycles. The Labute approximate surface area is 326 Å². The minimum Gasteiger partial charge on any atom is -0.481 e. The van der Waals surface area contributed by atoms with E-state index >= 15 is 0 Å². The number of carbonyl (C=O) groups excluding carboxylic acids is 3. The number of unbranched alkanes of at least 4 members (excludes halogenated alkanes) is 2. The van der Waals surface area contributed by atoms with Crippen LogP contribution in [0.2, 0.25) is 0 Å². The molecule has 4 rings (SSSR count). The van der Waals surface area contributed by atoms with Crippen LogP contribution in [-0.4, -0.2) is 93.4 Å². The number of hydrogen-bond acceptors (Lipinski definition) is 7. The van der Waals surface area contributed by atoms with Gasteiger partial charge in [0.25, 0.3) is 0 Å². The maximum atomic E-state index is 12.3. The molecule has 2 aromatic carbocycles. The molecule has 0 saturated carbocycles. The van der Waals surface area contributed by atoms with Gasteiger partial charge in [-0.25, -0.2) is 0 Å². The van der Waals surface area contributed by atoms with Crippen molar-refractivity contribution in [1.82, 2.24) is 9.80 Å². The van der Waals surface area contributed by atoms with Crippen LogP contribution in [0.1, 0.15) is 88.2 Å². The highest BCUT2D eigenvalue weighted by atomic mass is 16.5. The third kappa shape index (κ3) is 18.1. The molecule has 2 unspecified atom stereocenters. The van der Waals surface area contributed by atoms with Gasteiger partial charge in [0.2, 0.25) is 11.8 Å². The van der Waals surface area contributed by atoms with Crippen LogP contribution in [0.5, 0.6) is 0 Å². The van der Waals surface area contributed by atoms with Crippen molar-refractivity contribution in [3.8, 4) is 23.7 Å². The molecule has 2 aliphatic rings. The van der Waals surface area contributed by atoms with Crippen molar-refractivity contribution in [2.45, 2.75) is 114 Å². The van der Waals surface area contributed by atoms with Crippen LogP contribution in [0.25, 0.3) is 0 Å². The number of likely N-dealkylation sites (tertiary alicyclic amines) is 2. The van der Waals surface area contributed by atoms with Crippen LogP contribution in [-0.2, 0) is 36.8 Å². The molecular weight excluding hydrogens is 697 g/mol. The Hall–Kier alpha value is -5.16. The molecule has 294 valence electrons. The largest absolute Gasteiger partial charge is 0.481 e. The molecule has 55 heavy (non-hydrogen) atoms. The lowest BCUT2D eigenvalue weighted by molar-refractivity contribution is -0.141. The predicted octanol–water partition coefficient (Wildman–Crippen LogP) is 5.66. The van der Waals surface area contributed by atoms with Crippen molar-refractivity contribution in [3.05, 3.63) is 96.1 Å². The number of carbonyl (C=O) groups is 4. The molecule has 4 atom stereocenters. The highest BCUT2D eigenvalue weighted by Crippen LogP contribution is 2.21. The van der Waals surface area contributed by atoms with E-state index in [1.807, 2.05) is 72.8 Å². The number of methoxy groups -OCH3 is 1. The number of carboxylic acid groups (broad SMARTS) is 1. The Morgan fingerprint density at radius 3 is 1.58 bits per heavy atom. The number of aliphatic hydroxyl groups is 2. The fourth-order valence-electron chi connectivity index (χ4n) is 6.28. The topological polar surface area (TPSA) is 145 Å². The number of amides is 2. The zero-order valence-corrected chi connectivity index (χ0v) is 32.0. The first-order valence-corrected chi connectivity index (χ1v) is 19.3. The second kappa shape index (κ2) is 25.8. The van der Waals surface area contributed by atoms with Crippen LogP contribution in [0.4, 0.5) is 0 Å². The van der Waals surface area contributed by atoms with Crippen molar-refractivity contribution in [3.63, 3.8) is 0 Å². The van der Waals surface area contributed by atoms with Crippen LogP contribution < -0.4 is 0 Å².